The lowest BCUT2D eigenvalue weighted by atomic mass is 10.2. The molecule has 1 heterocycles. The van der Waals surface area contributed by atoms with Gasteiger partial charge in [0.25, 0.3) is 0 Å². The second kappa shape index (κ2) is 6.12. The standard InChI is InChI=1S/C12H24N2S/c1-2-15-9-8-14-7-3-6-13-12(10-14)11-4-5-11/h11-13H,2-10H2,1H3. The molecule has 2 rings (SSSR count). The van der Waals surface area contributed by atoms with Crippen LogP contribution in [0, 0.1) is 5.92 Å². The van der Waals surface area contributed by atoms with E-state index in [-0.39, 0.29) is 0 Å². The van der Waals surface area contributed by atoms with E-state index in [9.17, 15) is 0 Å². The summed E-state index contributed by atoms with van der Waals surface area (Å²) in [6, 6.07) is 0.805. The van der Waals surface area contributed by atoms with Gasteiger partial charge in [-0.05, 0) is 44.0 Å². The molecule has 2 nitrogen and oxygen atoms in total. The Balaban J connectivity index is 1.71. The Kier molecular flexibility index (Phi) is 4.79. The van der Waals surface area contributed by atoms with Crippen LogP contribution in [0.2, 0.25) is 0 Å². The molecule has 1 saturated heterocycles. The lowest BCUT2D eigenvalue weighted by molar-refractivity contribution is 0.273. The fourth-order valence-corrected chi connectivity index (χ4v) is 3.06. The SMILES string of the molecule is CCSCCN1CCCNC(C2CC2)C1. The molecule has 0 aromatic carbocycles. The largest absolute Gasteiger partial charge is 0.312 e. The van der Waals surface area contributed by atoms with Gasteiger partial charge in [0.05, 0.1) is 0 Å². The van der Waals surface area contributed by atoms with Crippen molar-refractivity contribution in [2.45, 2.75) is 32.2 Å². The molecule has 1 saturated carbocycles. The maximum Gasteiger partial charge on any atom is 0.0223 e. The first-order valence-corrected chi connectivity index (χ1v) is 7.59. The average molecular weight is 228 g/mol. The van der Waals surface area contributed by atoms with Gasteiger partial charge in [0.2, 0.25) is 0 Å². The van der Waals surface area contributed by atoms with Crippen molar-refractivity contribution in [1.82, 2.24) is 10.2 Å². The van der Waals surface area contributed by atoms with Crippen molar-refractivity contribution in [3.8, 4) is 0 Å². The van der Waals surface area contributed by atoms with E-state index in [2.05, 4.69) is 28.9 Å². The third kappa shape index (κ3) is 3.97. The van der Waals surface area contributed by atoms with Crippen LogP contribution >= 0.6 is 11.8 Å². The molecule has 1 aliphatic heterocycles. The van der Waals surface area contributed by atoms with Gasteiger partial charge in [-0.2, -0.15) is 11.8 Å². The Hall–Kier alpha value is 0.270. The second-order valence-electron chi connectivity index (χ2n) is 4.75. The molecule has 0 aromatic heterocycles. The topological polar surface area (TPSA) is 15.3 Å². The molecule has 3 heteroatoms. The van der Waals surface area contributed by atoms with Crippen LogP contribution in [0.25, 0.3) is 0 Å². The molecule has 0 radical (unpaired) electrons. The first kappa shape index (κ1) is 11.7. The smallest absolute Gasteiger partial charge is 0.0223 e. The normalized spacial score (nSPS) is 29.0. The van der Waals surface area contributed by atoms with E-state index in [1.807, 2.05) is 0 Å². The lowest BCUT2D eigenvalue weighted by Gasteiger charge is -2.24. The average Bonchev–Trinajstić information content (AvgIpc) is 3.05. The van der Waals surface area contributed by atoms with Gasteiger partial charge in [0, 0.05) is 24.9 Å². The van der Waals surface area contributed by atoms with Crippen molar-refractivity contribution in [2.75, 3.05) is 37.7 Å². The van der Waals surface area contributed by atoms with E-state index in [4.69, 9.17) is 0 Å². The van der Waals surface area contributed by atoms with E-state index in [1.54, 1.807) is 0 Å². The number of rotatable bonds is 5. The highest BCUT2D eigenvalue weighted by Gasteiger charge is 2.32. The highest BCUT2D eigenvalue weighted by Crippen LogP contribution is 2.33. The van der Waals surface area contributed by atoms with E-state index in [0.29, 0.717) is 0 Å². The molecule has 0 amide bonds. The monoisotopic (exact) mass is 228 g/mol. The van der Waals surface area contributed by atoms with Crippen LogP contribution in [0.1, 0.15) is 26.2 Å². The first-order valence-electron chi connectivity index (χ1n) is 6.43. The zero-order valence-corrected chi connectivity index (χ0v) is 10.7. The molecule has 88 valence electrons. The van der Waals surface area contributed by atoms with Crippen LogP contribution in [0.3, 0.4) is 0 Å². The number of thioether (sulfide) groups is 1. The summed E-state index contributed by atoms with van der Waals surface area (Å²) in [5.74, 6) is 3.58. The van der Waals surface area contributed by atoms with Crippen LogP contribution < -0.4 is 5.32 Å². The van der Waals surface area contributed by atoms with Crippen LogP contribution in [0.5, 0.6) is 0 Å². The molecular formula is C12H24N2S. The molecule has 0 aromatic rings. The van der Waals surface area contributed by atoms with Gasteiger partial charge in [-0.3, -0.25) is 0 Å². The van der Waals surface area contributed by atoms with E-state index in [1.165, 1.54) is 56.9 Å². The van der Waals surface area contributed by atoms with Crippen LogP contribution in [0.15, 0.2) is 0 Å². The summed E-state index contributed by atoms with van der Waals surface area (Å²) in [6.45, 7) is 7.39. The van der Waals surface area contributed by atoms with Gasteiger partial charge in [-0.1, -0.05) is 6.92 Å². The molecule has 0 bridgehead atoms. The molecule has 0 spiro atoms. The Morgan fingerprint density at radius 3 is 3.00 bits per heavy atom. The molecule has 2 fully saturated rings. The highest BCUT2D eigenvalue weighted by molar-refractivity contribution is 7.99. The highest BCUT2D eigenvalue weighted by atomic mass is 32.2. The van der Waals surface area contributed by atoms with Crippen molar-refractivity contribution in [3.63, 3.8) is 0 Å². The molecule has 1 N–H and O–H groups in total. The summed E-state index contributed by atoms with van der Waals surface area (Å²) in [6.07, 6.45) is 4.27. The first-order chi connectivity index (χ1) is 7.40. The van der Waals surface area contributed by atoms with E-state index < -0.39 is 0 Å². The van der Waals surface area contributed by atoms with Gasteiger partial charge in [-0.15, -0.1) is 0 Å². The summed E-state index contributed by atoms with van der Waals surface area (Å²) in [5.41, 5.74) is 0. The Bertz CT molecular complexity index is 182. The number of hydrogen-bond donors (Lipinski definition) is 1. The van der Waals surface area contributed by atoms with E-state index in [0.717, 1.165) is 12.0 Å². The zero-order chi connectivity index (χ0) is 10.5. The third-order valence-electron chi connectivity index (χ3n) is 3.46. The summed E-state index contributed by atoms with van der Waals surface area (Å²) in [4.78, 5) is 2.67. The van der Waals surface area contributed by atoms with Crippen molar-refractivity contribution >= 4 is 11.8 Å². The molecule has 15 heavy (non-hydrogen) atoms. The Labute approximate surface area is 98.2 Å². The molecule has 2 aliphatic rings. The van der Waals surface area contributed by atoms with Crippen LogP contribution in [-0.2, 0) is 0 Å². The minimum absolute atomic E-state index is 0.805. The number of hydrogen-bond acceptors (Lipinski definition) is 3. The maximum absolute atomic E-state index is 3.72. The Morgan fingerprint density at radius 2 is 2.27 bits per heavy atom. The minimum atomic E-state index is 0.805. The summed E-state index contributed by atoms with van der Waals surface area (Å²) in [7, 11) is 0. The predicted molar refractivity (Wildman–Crippen MR) is 68.6 cm³/mol. The Morgan fingerprint density at radius 1 is 1.40 bits per heavy atom. The molecule has 1 unspecified atom stereocenters. The van der Waals surface area contributed by atoms with Crippen LogP contribution in [-0.4, -0.2) is 48.6 Å². The minimum Gasteiger partial charge on any atom is -0.312 e. The molecule has 1 aliphatic carbocycles. The summed E-state index contributed by atoms with van der Waals surface area (Å²) in [5, 5.41) is 3.72. The summed E-state index contributed by atoms with van der Waals surface area (Å²) >= 11 is 2.07. The van der Waals surface area contributed by atoms with Gasteiger partial charge in [0.15, 0.2) is 0 Å². The van der Waals surface area contributed by atoms with Crippen molar-refractivity contribution in [2.24, 2.45) is 5.92 Å². The van der Waals surface area contributed by atoms with Gasteiger partial charge < -0.3 is 10.2 Å². The number of nitrogens with one attached hydrogen (secondary N) is 1. The lowest BCUT2D eigenvalue weighted by Crippen LogP contribution is -2.39. The van der Waals surface area contributed by atoms with Gasteiger partial charge in [0.1, 0.15) is 0 Å². The summed E-state index contributed by atoms with van der Waals surface area (Å²) < 4.78 is 0. The predicted octanol–water partition coefficient (Wildman–Crippen LogP) is 1.81. The van der Waals surface area contributed by atoms with Gasteiger partial charge >= 0.3 is 0 Å². The second-order valence-corrected chi connectivity index (χ2v) is 6.14. The quantitative estimate of drug-likeness (QED) is 0.723. The van der Waals surface area contributed by atoms with Gasteiger partial charge in [-0.25, -0.2) is 0 Å². The maximum atomic E-state index is 3.72. The zero-order valence-electron chi connectivity index (χ0n) is 9.87. The van der Waals surface area contributed by atoms with Crippen molar-refractivity contribution in [1.29, 1.82) is 0 Å². The number of nitrogens with zero attached hydrogens (tertiary/aromatic N) is 1. The molecular weight excluding hydrogens is 204 g/mol. The van der Waals surface area contributed by atoms with E-state index >= 15 is 0 Å². The third-order valence-corrected chi connectivity index (χ3v) is 4.34. The van der Waals surface area contributed by atoms with Crippen LogP contribution in [0.4, 0.5) is 0 Å². The van der Waals surface area contributed by atoms with Crippen molar-refractivity contribution < 1.29 is 0 Å². The van der Waals surface area contributed by atoms with Crippen molar-refractivity contribution in [3.05, 3.63) is 0 Å². The fraction of sp³-hybridized carbons (Fsp3) is 1.00. The fourth-order valence-electron chi connectivity index (χ4n) is 2.38. The molecule has 1 atom stereocenters.